The molecule has 0 bridgehead atoms. The second kappa shape index (κ2) is 9.18. The summed E-state index contributed by atoms with van der Waals surface area (Å²) in [6.07, 6.45) is 2.58. The number of hydrogen-bond acceptors (Lipinski definition) is 8. The van der Waals surface area contributed by atoms with Crippen molar-refractivity contribution in [2.45, 2.75) is 26.4 Å². The predicted octanol–water partition coefficient (Wildman–Crippen LogP) is 1.47. The molecule has 1 fully saturated rings. The number of sulfone groups is 1. The van der Waals surface area contributed by atoms with Gasteiger partial charge in [-0.05, 0) is 20.8 Å². The van der Waals surface area contributed by atoms with Gasteiger partial charge in [-0.2, -0.15) is 0 Å². The van der Waals surface area contributed by atoms with Crippen LogP contribution in [0.4, 0.5) is 15.1 Å². The summed E-state index contributed by atoms with van der Waals surface area (Å²) in [4.78, 5) is 21.7. The fraction of sp³-hybridized carbons (Fsp3) is 0.588. The van der Waals surface area contributed by atoms with E-state index in [4.69, 9.17) is 9.47 Å². The molecule has 2 heterocycles. The largest absolute Gasteiger partial charge is 0.486 e. The number of nitrogens with one attached hydrogen (secondary N) is 1. The number of aromatic nitrogens is 2. The van der Waals surface area contributed by atoms with Crippen LogP contribution in [0.15, 0.2) is 24.3 Å². The van der Waals surface area contributed by atoms with Crippen molar-refractivity contribution in [3.05, 3.63) is 24.3 Å². The molecule has 28 heavy (non-hydrogen) atoms. The maximum Gasteiger partial charge on any atom is 0.407 e. The molecule has 0 aliphatic carbocycles. The molecular formula is C17H25FN4O5S. The summed E-state index contributed by atoms with van der Waals surface area (Å²) < 4.78 is 46.4. The Labute approximate surface area is 163 Å². The van der Waals surface area contributed by atoms with E-state index in [2.05, 4.69) is 15.3 Å². The minimum atomic E-state index is -2.98. The maximum absolute atomic E-state index is 13.0. The Kier molecular flexibility index (Phi) is 7.17. The molecule has 0 saturated carbocycles. The third kappa shape index (κ3) is 7.29. The van der Waals surface area contributed by atoms with E-state index in [1.807, 2.05) is 0 Å². The van der Waals surface area contributed by atoms with Crippen molar-refractivity contribution in [3.8, 4) is 5.75 Å². The lowest BCUT2D eigenvalue weighted by Gasteiger charge is -2.26. The summed E-state index contributed by atoms with van der Waals surface area (Å²) in [5, 5.41) is 2.45. The summed E-state index contributed by atoms with van der Waals surface area (Å²) in [7, 11) is -2.98. The normalized spacial score (nSPS) is 17.1. The fourth-order valence-electron chi connectivity index (χ4n) is 2.26. The van der Waals surface area contributed by atoms with Crippen LogP contribution in [-0.2, 0) is 14.6 Å². The van der Waals surface area contributed by atoms with Gasteiger partial charge in [-0.15, -0.1) is 0 Å². The summed E-state index contributed by atoms with van der Waals surface area (Å²) in [5.74, 6) is 0.883. The molecule has 0 unspecified atom stereocenters. The monoisotopic (exact) mass is 416 g/mol. The summed E-state index contributed by atoms with van der Waals surface area (Å²) >= 11 is 0. The molecule has 1 saturated heterocycles. The van der Waals surface area contributed by atoms with Crippen molar-refractivity contribution in [1.29, 1.82) is 0 Å². The van der Waals surface area contributed by atoms with Crippen molar-refractivity contribution in [3.63, 3.8) is 0 Å². The van der Waals surface area contributed by atoms with Gasteiger partial charge < -0.3 is 19.7 Å². The molecule has 0 radical (unpaired) electrons. The Bertz CT molecular complexity index is 792. The second-order valence-electron chi connectivity index (χ2n) is 7.27. The van der Waals surface area contributed by atoms with Crippen LogP contribution in [0.25, 0.3) is 0 Å². The number of nitrogens with zero attached hydrogens (tertiary/aromatic N) is 3. The van der Waals surface area contributed by atoms with E-state index in [9.17, 15) is 17.6 Å². The zero-order valence-corrected chi connectivity index (χ0v) is 17.0. The van der Waals surface area contributed by atoms with E-state index in [1.165, 1.54) is 12.4 Å². The van der Waals surface area contributed by atoms with E-state index in [-0.39, 0.29) is 30.2 Å². The van der Waals surface area contributed by atoms with Gasteiger partial charge in [0, 0.05) is 25.2 Å². The van der Waals surface area contributed by atoms with Crippen LogP contribution in [0.1, 0.15) is 20.8 Å². The Hall–Kier alpha value is -2.43. The Morgan fingerprint density at radius 1 is 1.29 bits per heavy atom. The van der Waals surface area contributed by atoms with Crippen LogP contribution in [0.2, 0.25) is 0 Å². The van der Waals surface area contributed by atoms with Gasteiger partial charge in [0.15, 0.2) is 15.6 Å². The van der Waals surface area contributed by atoms with Crippen molar-refractivity contribution in [1.82, 2.24) is 15.3 Å². The van der Waals surface area contributed by atoms with Gasteiger partial charge in [0.05, 0.1) is 30.2 Å². The molecule has 1 aromatic rings. The van der Waals surface area contributed by atoms with E-state index in [0.29, 0.717) is 31.1 Å². The molecule has 0 spiro atoms. The molecule has 1 amide bonds. The van der Waals surface area contributed by atoms with E-state index in [0.717, 1.165) is 0 Å². The third-order valence-corrected chi connectivity index (χ3v) is 5.29. The number of halogens is 1. The molecule has 1 N–H and O–H groups in total. The van der Waals surface area contributed by atoms with E-state index < -0.39 is 21.5 Å². The fourth-order valence-corrected chi connectivity index (χ4v) is 3.46. The minimum Gasteiger partial charge on any atom is -0.486 e. The first kappa shape index (κ1) is 21.9. The number of anilines is 1. The molecule has 1 aliphatic rings. The van der Waals surface area contributed by atoms with Crippen LogP contribution < -0.4 is 15.0 Å². The summed E-state index contributed by atoms with van der Waals surface area (Å²) in [5.41, 5.74) is -0.436. The number of hydrogen-bond donors (Lipinski definition) is 1. The van der Waals surface area contributed by atoms with Gasteiger partial charge >= 0.3 is 6.09 Å². The molecule has 1 aromatic heterocycles. The lowest BCUT2D eigenvalue weighted by Crippen LogP contribution is -2.41. The molecular weight excluding hydrogens is 391 g/mol. The highest BCUT2D eigenvalue weighted by Crippen LogP contribution is 2.15. The van der Waals surface area contributed by atoms with Crippen molar-refractivity contribution in [2.24, 2.45) is 0 Å². The number of carbonyl (C=O) groups is 1. The van der Waals surface area contributed by atoms with Gasteiger partial charge in [0.1, 0.15) is 12.2 Å². The molecule has 11 heteroatoms. The Balaban J connectivity index is 1.81. The van der Waals surface area contributed by atoms with Crippen LogP contribution in [0.3, 0.4) is 0 Å². The highest BCUT2D eigenvalue weighted by molar-refractivity contribution is 7.91. The van der Waals surface area contributed by atoms with Crippen LogP contribution >= 0.6 is 0 Å². The van der Waals surface area contributed by atoms with Gasteiger partial charge in [-0.3, -0.25) is 0 Å². The zero-order valence-electron chi connectivity index (χ0n) is 16.1. The van der Waals surface area contributed by atoms with Crippen molar-refractivity contribution in [2.75, 3.05) is 42.6 Å². The topological polar surface area (TPSA) is 111 Å². The number of amides is 1. The van der Waals surface area contributed by atoms with Gasteiger partial charge in [0.2, 0.25) is 5.95 Å². The summed E-state index contributed by atoms with van der Waals surface area (Å²) in [6.45, 7) is 5.71. The first-order valence-corrected chi connectivity index (χ1v) is 10.6. The second-order valence-corrected chi connectivity index (χ2v) is 9.57. The van der Waals surface area contributed by atoms with Gasteiger partial charge in [-0.25, -0.2) is 27.6 Å². The lowest BCUT2D eigenvalue weighted by molar-refractivity contribution is 0.0531. The first-order valence-electron chi connectivity index (χ1n) is 8.73. The molecule has 0 aromatic carbocycles. The minimum absolute atomic E-state index is 0.0629. The van der Waals surface area contributed by atoms with Crippen molar-refractivity contribution >= 4 is 21.9 Å². The van der Waals surface area contributed by atoms with E-state index in [1.54, 1.807) is 25.7 Å². The molecule has 2 rings (SSSR count). The van der Waals surface area contributed by atoms with Gasteiger partial charge in [0.25, 0.3) is 0 Å². The zero-order chi connectivity index (χ0) is 20.8. The Morgan fingerprint density at radius 2 is 1.89 bits per heavy atom. The van der Waals surface area contributed by atoms with E-state index >= 15 is 0 Å². The van der Waals surface area contributed by atoms with Crippen LogP contribution in [-0.4, -0.2) is 67.8 Å². The Morgan fingerprint density at radius 3 is 2.43 bits per heavy atom. The smallest absolute Gasteiger partial charge is 0.407 e. The molecule has 9 nitrogen and oxygen atoms in total. The number of alkyl carbamates (subject to hydrolysis) is 1. The SMILES string of the molecule is CC(C)(C)OC(=O)NC/C(=C/F)COc1cnc(N2CCS(=O)(=O)CC2)nc1. The number of rotatable bonds is 6. The maximum atomic E-state index is 13.0. The third-order valence-electron chi connectivity index (χ3n) is 3.68. The average Bonchev–Trinajstić information content (AvgIpc) is 2.61. The van der Waals surface area contributed by atoms with Crippen LogP contribution in [0, 0.1) is 0 Å². The molecule has 156 valence electrons. The lowest BCUT2D eigenvalue weighted by atomic mass is 10.2. The highest BCUT2D eigenvalue weighted by Gasteiger charge is 2.23. The average molecular weight is 416 g/mol. The standard InChI is InChI=1S/C17H25FN4O5S/c1-17(2,3)27-16(23)21-9-13(8-18)12-26-14-10-19-15(20-11-14)22-4-6-28(24,25)7-5-22/h8,10-11H,4-7,9,12H2,1-3H3,(H,21,23)/b13-8-. The predicted molar refractivity (Wildman–Crippen MR) is 102 cm³/mol. The number of carbonyl (C=O) groups excluding carboxylic acids is 1. The van der Waals surface area contributed by atoms with Crippen molar-refractivity contribution < 1.29 is 27.1 Å². The highest BCUT2D eigenvalue weighted by atomic mass is 32.2. The first-order chi connectivity index (χ1) is 13.1. The molecule has 1 aliphatic heterocycles. The van der Waals surface area contributed by atoms with Gasteiger partial charge in [-0.1, -0.05) is 0 Å². The van der Waals surface area contributed by atoms with Crippen LogP contribution in [0.5, 0.6) is 5.75 Å². The molecule has 0 atom stereocenters. The number of ether oxygens (including phenoxy) is 2. The quantitative estimate of drug-likeness (QED) is 0.742. The summed E-state index contributed by atoms with van der Waals surface area (Å²) in [6, 6.07) is 0.